The molecule has 133 heavy (non-hydrogen) atoms. The molecule has 27 nitrogen and oxygen atoms in total. The van der Waals surface area contributed by atoms with Crippen molar-refractivity contribution in [3.8, 4) is 67.5 Å². The van der Waals surface area contributed by atoms with Crippen LogP contribution in [0.2, 0.25) is 0 Å². The van der Waals surface area contributed by atoms with Crippen LogP contribution in [-0.2, 0) is 38.1 Å². The number of anilines is 4. The van der Waals surface area contributed by atoms with Gasteiger partial charge in [0.15, 0.2) is 0 Å². The fourth-order valence-electron chi connectivity index (χ4n) is 14.7. The van der Waals surface area contributed by atoms with E-state index >= 15 is 0 Å². The highest BCUT2D eigenvalue weighted by atomic mass is 32.1. The average molecular weight is 1900 g/mol. The lowest BCUT2D eigenvalue weighted by atomic mass is 10.0. The predicted octanol–water partition coefficient (Wildman–Crippen LogP) is 22.1. The van der Waals surface area contributed by atoms with Gasteiger partial charge in [-0.15, -0.1) is 45.3 Å². The van der Waals surface area contributed by atoms with Crippen LogP contribution in [-0.4, -0.2) is 203 Å². The molecule has 4 heterocycles. The van der Waals surface area contributed by atoms with Gasteiger partial charge in [-0.3, -0.25) is 29.3 Å². The third kappa shape index (κ3) is 27.5. The van der Waals surface area contributed by atoms with Gasteiger partial charge >= 0.3 is 23.9 Å². The monoisotopic (exact) mass is 1890 g/mol. The smallest absolute Gasteiger partial charge is 0.341 e. The van der Waals surface area contributed by atoms with Crippen molar-refractivity contribution >= 4 is 159 Å². The maximum absolute atomic E-state index is 13.5. The molecule has 8 aromatic carbocycles. The molecule has 4 aromatic heterocycles. The maximum atomic E-state index is 13.5. The van der Waals surface area contributed by atoms with Crippen LogP contribution < -0.4 is 40.2 Å². The number of nitrogens with one attached hydrogen (secondary N) is 4. The number of amides is 4. The Bertz CT molecular complexity index is 5800. The molecule has 0 aliphatic carbocycles. The molecule has 0 fully saturated rings. The van der Waals surface area contributed by atoms with E-state index in [-0.39, 0.29) is 67.1 Å². The highest BCUT2D eigenvalue weighted by molar-refractivity contribution is 7.25. The van der Waals surface area contributed by atoms with Crippen LogP contribution in [0.15, 0.2) is 152 Å². The van der Waals surface area contributed by atoms with Gasteiger partial charge in [0, 0.05) is 110 Å². The molecule has 0 saturated carbocycles. The SMILES string of the molecule is CCOC(=O)c1c(NC(C)=O)sc2c(OCCN(CC)CC)c(-c3ccc(C)cc3)ccc12.CCOC(=O)c1c(NC(C)=O)sc2c(OCCN(CC)CC)c(-c3ccc(F)cc3)ccc12.CCOC(=O)c1c(NC(C)=O)sc2c(OCCN(CC)CC)c(-c3ccc([N+](=O)[O-])cc3)ccc12.CCOC(=O)c1c(NC(C)=O)sc2c(OCCN(CC)CC)c(-c3ccccc3)ccc12. The summed E-state index contributed by atoms with van der Waals surface area (Å²) in [6, 6.07) is 45.8. The van der Waals surface area contributed by atoms with Crippen LogP contribution in [0.5, 0.6) is 23.0 Å². The average Bonchev–Trinajstić information content (AvgIpc) is 1.60. The molecule has 4 amide bonds. The summed E-state index contributed by atoms with van der Waals surface area (Å²) in [5, 5.41) is 26.6. The molecule has 0 atom stereocenters. The number of hydrogen-bond donors (Lipinski definition) is 4. The first-order chi connectivity index (χ1) is 64.1. The summed E-state index contributed by atoms with van der Waals surface area (Å²) < 4.78 is 63.0. The molecule has 0 bridgehead atoms. The number of fused-ring (bicyclic) bond motifs is 4. The fourth-order valence-corrected chi connectivity index (χ4v) is 19.6. The Morgan fingerprint density at radius 2 is 0.564 bits per heavy atom. The number of aryl methyl sites for hydroxylation is 1. The van der Waals surface area contributed by atoms with Gasteiger partial charge in [-0.25, -0.2) is 23.6 Å². The van der Waals surface area contributed by atoms with Gasteiger partial charge in [0.25, 0.3) is 5.69 Å². The standard InChI is InChI=1S/C26H32N2O4S.C25H29FN2O4S.C25H29N3O6S.C25H30N2O4S/c1-6-28(7-2)15-16-32-23-20(19-11-9-17(4)10-12-19)13-14-21-22(26(30)31-8-3)25(27-18(5)29)33-24(21)23;1-5-28(6-2)14-15-32-22-19(17-8-10-18(26)11-9-17)12-13-20-21(25(30)31-7-3)24(27-16(4)29)33-23(20)22;1-5-27(6-2)14-15-34-22-19(17-8-10-18(11-9-17)28(31)32)12-13-20-21(25(30)33-7-3)24(26-16(4)29)35-23(20)22;1-5-27(6-2)15-16-31-22-19(18-11-9-8-10-12-18)13-14-20-21(25(29)30-7-3)24(26-17(4)28)32-23(20)22/h9-14H,6-8,15-16H2,1-5H3,(H,27,29);8-13H,5-7,14-15H2,1-4H3,(H,27,29);8-13H,5-7,14-15H2,1-4H3,(H,26,29);8-14H,5-7,15-16H2,1-4H3,(H,26,28). The van der Waals surface area contributed by atoms with E-state index in [9.17, 15) is 52.9 Å². The Morgan fingerprint density at radius 3 is 0.789 bits per heavy atom. The van der Waals surface area contributed by atoms with Crippen molar-refractivity contribution in [2.75, 3.05) is 153 Å². The molecule has 0 unspecified atom stereocenters. The number of rotatable bonds is 41. The Labute approximate surface area is 792 Å². The second kappa shape index (κ2) is 51.7. The van der Waals surface area contributed by atoms with Crippen molar-refractivity contribution in [3.63, 3.8) is 0 Å². The molecule has 4 N–H and O–H groups in total. The van der Waals surface area contributed by atoms with E-state index in [1.54, 1.807) is 58.0 Å². The zero-order valence-electron chi connectivity index (χ0n) is 78.7. The van der Waals surface area contributed by atoms with E-state index in [2.05, 4.69) is 127 Å². The molecule has 0 spiro atoms. The number of likely N-dealkylation sites (N-methyl/N-ethyl adjacent to an activating group) is 4. The molecule has 12 rings (SSSR count). The quantitative estimate of drug-likeness (QED) is 0.0120. The van der Waals surface area contributed by atoms with Crippen LogP contribution in [0.4, 0.5) is 30.1 Å². The number of benzene rings is 8. The molecule has 708 valence electrons. The summed E-state index contributed by atoms with van der Waals surface area (Å²) in [5.41, 5.74) is 9.52. The zero-order valence-corrected chi connectivity index (χ0v) is 81.9. The van der Waals surface area contributed by atoms with Gasteiger partial charge in [0.2, 0.25) is 23.6 Å². The lowest BCUT2D eigenvalue weighted by molar-refractivity contribution is -0.384. The van der Waals surface area contributed by atoms with Crippen molar-refractivity contribution in [2.24, 2.45) is 0 Å². The van der Waals surface area contributed by atoms with E-state index in [4.69, 9.17) is 37.9 Å². The summed E-state index contributed by atoms with van der Waals surface area (Å²) in [4.78, 5) is 118. The summed E-state index contributed by atoms with van der Waals surface area (Å²) in [6.07, 6.45) is 0. The number of ether oxygens (including phenoxy) is 8. The van der Waals surface area contributed by atoms with E-state index in [1.165, 1.54) is 103 Å². The lowest BCUT2D eigenvalue weighted by Crippen LogP contribution is -2.28. The first kappa shape index (κ1) is 104. The Morgan fingerprint density at radius 1 is 0.331 bits per heavy atom. The number of hydrogen-bond acceptors (Lipinski definition) is 26. The highest BCUT2D eigenvalue weighted by Gasteiger charge is 2.31. The molecular weight excluding hydrogens is 1770 g/mol. The number of non-ortho nitro benzene ring substituents is 1. The minimum Gasteiger partial charge on any atom is -0.490 e. The van der Waals surface area contributed by atoms with Crippen molar-refractivity contribution in [1.29, 1.82) is 0 Å². The molecule has 32 heteroatoms. The van der Waals surface area contributed by atoms with Gasteiger partial charge in [-0.2, -0.15) is 0 Å². The van der Waals surface area contributed by atoms with E-state index < -0.39 is 28.8 Å². The molecule has 0 aliphatic heterocycles. The molecule has 0 radical (unpaired) electrons. The predicted molar refractivity (Wildman–Crippen MR) is 535 cm³/mol. The number of halogens is 1. The third-order valence-corrected chi connectivity index (χ3v) is 26.0. The van der Waals surface area contributed by atoms with Crippen LogP contribution in [0.25, 0.3) is 84.9 Å². The Hall–Kier alpha value is -12.3. The van der Waals surface area contributed by atoms with Crippen molar-refractivity contribution < 1.29 is 85.6 Å². The van der Waals surface area contributed by atoms with E-state index in [0.29, 0.717) is 102 Å². The van der Waals surface area contributed by atoms with Crippen molar-refractivity contribution in [3.05, 3.63) is 195 Å². The topological polar surface area (TPSA) is 315 Å². The van der Waals surface area contributed by atoms with E-state index in [0.717, 1.165) is 147 Å². The maximum Gasteiger partial charge on any atom is 0.341 e. The Kier molecular flexibility index (Phi) is 40.6. The van der Waals surface area contributed by atoms with Gasteiger partial charge in [0.05, 0.1) is 50.2 Å². The number of nitro groups is 1. The number of carbonyl (C=O) groups excluding carboxylic acids is 8. The molecule has 0 saturated heterocycles. The zero-order chi connectivity index (χ0) is 96.5. The second-order valence-corrected chi connectivity index (χ2v) is 34.2. The molecule has 0 aliphatic rings. The van der Waals surface area contributed by atoms with Crippen molar-refractivity contribution in [1.82, 2.24) is 19.6 Å². The van der Waals surface area contributed by atoms with Gasteiger partial charge in [-0.05, 0) is 158 Å². The Balaban J connectivity index is 0.000000199. The van der Waals surface area contributed by atoms with Gasteiger partial charge in [-0.1, -0.05) is 152 Å². The van der Waals surface area contributed by atoms with Crippen LogP contribution in [0, 0.1) is 22.9 Å². The first-order valence-corrected chi connectivity index (χ1v) is 48.0. The van der Waals surface area contributed by atoms with E-state index in [1.807, 2.05) is 72.8 Å². The van der Waals surface area contributed by atoms with Crippen LogP contribution in [0.3, 0.4) is 0 Å². The summed E-state index contributed by atoms with van der Waals surface area (Å²) >= 11 is 5.20. The number of nitrogens with zero attached hydrogens (tertiary/aromatic N) is 5. The van der Waals surface area contributed by atoms with Crippen molar-refractivity contribution in [2.45, 2.75) is 118 Å². The first-order valence-electron chi connectivity index (χ1n) is 44.8. The summed E-state index contributed by atoms with van der Waals surface area (Å²) in [6.45, 7) is 44.8. The number of nitro benzene ring substituents is 1. The minimum absolute atomic E-state index is 0.00695. The summed E-state index contributed by atoms with van der Waals surface area (Å²) in [7, 11) is 0. The fraction of sp³-hybridized carbons (Fsp3) is 0.366. The number of thiophene rings is 4. The third-order valence-electron chi connectivity index (χ3n) is 21.5. The lowest BCUT2D eigenvalue weighted by Gasteiger charge is -2.19. The summed E-state index contributed by atoms with van der Waals surface area (Å²) in [5.74, 6) is -0.749. The highest BCUT2D eigenvalue weighted by Crippen LogP contribution is 2.51. The van der Waals surface area contributed by atoms with Crippen LogP contribution >= 0.6 is 45.3 Å². The molecule has 12 aromatic rings. The largest absolute Gasteiger partial charge is 0.490 e. The second-order valence-electron chi connectivity index (χ2n) is 30.2. The number of carbonyl (C=O) groups is 8. The number of esters is 4. The normalized spacial score (nSPS) is 11.1. The van der Waals surface area contributed by atoms with Crippen LogP contribution in [0.1, 0.15) is 158 Å². The van der Waals surface area contributed by atoms with Gasteiger partial charge < -0.3 is 78.8 Å². The van der Waals surface area contributed by atoms with Gasteiger partial charge in [0.1, 0.15) is 97.5 Å². The minimum atomic E-state index is -0.528. The molecular formula is C101H120FN9O18S4.